The van der Waals surface area contributed by atoms with Crippen LogP contribution in [0, 0.1) is 11.8 Å². The van der Waals surface area contributed by atoms with Gasteiger partial charge in [0.1, 0.15) is 4.90 Å². The highest BCUT2D eigenvalue weighted by Gasteiger charge is 2.33. The van der Waals surface area contributed by atoms with Gasteiger partial charge in [-0.3, -0.25) is 0 Å². The third-order valence-electron chi connectivity index (χ3n) is 3.61. The predicted molar refractivity (Wildman–Crippen MR) is 81.7 cm³/mol. The number of hydrogen-bond donors (Lipinski definition) is 2. The summed E-state index contributed by atoms with van der Waals surface area (Å²) < 4.78 is 27.2. The molecule has 7 heteroatoms. The Bertz CT molecular complexity index is 605. The van der Waals surface area contributed by atoms with E-state index in [9.17, 15) is 8.42 Å². The molecule has 0 radical (unpaired) electrons. The van der Waals surface area contributed by atoms with Crippen molar-refractivity contribution in [3.63, 3.8) is 0 Å². The van der Waals surface area contributed by atoms with Crippen LogP contribution in [0.1, 0.15) is 18.9 Å². The molecule has 1 aromatic rings. The molecular weight excluding hydrogens is 319 g/mol. The Labute approximate surface area is 129 Å². The molecule has 0 saturated heterocycles. The summed E-state index contributed by atoms with van der Waals surface area (Å²) in [6.45, 7) is 2.99. The smallest absolute Gasteiger partial charge is 0.242 e. The van der Waals surface area contributed by atoms with Gasteiger partial charge in [-0.2, -0.15) is 0 Å². The van der Waals surface area contributed by atoms with Crippen LogP contribution in [0.4, 0.5) is 0 Å². The van der Waals surface area contributed by atoms with Crippen LogP contribution in [0.2, 0.25) is 10.0 Å². The van der Waals surface area contributed by atoms with Crippen molar-refractivity contribution in [2.45, 2.75) is 24.8 Å². The van der Waals surface area contributed by atoms with Gasteiger partial charge >= 0.3 is 0 Å². The molecule has 0 spiro atoms. The van der Waals surface area contributed by atoms with Crippen molar-refractivity contribution in [1.29, 1.82) is 0 Å². The van der Waals surface area contributed by atoms with Gasteiger partial charge in [0.2, 0.25) is 10.0 Å². The molecule has 4 nitrogen and oxygen atoms in total. The van der Waals surface area contributed by atoms with Crippen molar-refractivity contribution in [2.24, 2.45) is 11.8 Å². The van der Waals surface area contributed by atoms with Gasteiger partial charge in [0, 0.05) is 23.7 Å². The average molecular weight is 337 g/mol. The van der Waals surface area contributed by atoms with Gasteiger partial charge in [-0.15, -0.1) is 0 Å². The average Bonchev–Trinajstić information content (AvgIpc) is 3.08. The summed E-state index contributed by atoms with van der Waals surface area (Å²) in [4.78, 5) is 0.0853. The zero-order valence-corrected chi connectivity index (χ0v) is 13.7. The number of hydrogen-bond acceptors (Lipinski definition) is 3. The van der Waals surface area contributed by atoms with Gasteiger partial charge < -0.3 is 5.32 Å². The van der Waals surface area contributed by atoms with E-state index in [0.29, 0.717) is 35.5 Å². The topological polar surface area (TPSA) is 58.2 Å². The van der Waals surface area contributed by atoms with E-state index >= 15 is 0 Å². The van der Waals surface area contributed by atoms with Crippen LogP contribution in [0.25, 0.3) is 0 Å². The summed E-state index contributed by atoms with van der Waals surface area (Å²) in [6, 6.07) is 3.01. The maximum atomic E-state index is 12.3. The minimum atomic E-state index is -3.60. The molecule has 1 fully saturated rings. The highest BCUT2D eigenvalue weighted by atomic mass is 35.5. The van der Waals surface area contributed by atoms with Crippen LogP contribution in [0.15, 0.2) is 17.0 Å². The quantitative estimate of drug-likeness (QED) is 0.839. The third-order valence-corrected chi connectivity index (χ3v) is 5.97. The molecule has 0 amide bonds. The molecule has 1 aromatic carbocycles. The monoisotopic (exact) mass is 336 g/mol. The van der Waals surface area contributed by atoms with Crippen LogP contribution in [-0.4, -0.2) is 22.0 Å². The Hall–Kier alpha value is -0.330. The summed E-state index contributed by atoms with van der Waals surface area (Å²) in [5.41, 5.74) is 0.596. The predicted octanol–water partition coefficient (Wildman–Crippen LogP) is 2.65. The lowest BCUT2D eigenvalue weighted by molar-refractivity contribution is 0.574. The Balaban J connectivity index is 2.24. The van der Waals surface area contributed by atoms with Crippen LogP contribution in [0.3, 0.4) is 0 Å². The maximum absolute atomic E-state index is 12.3. The maximum Gasteiger partial charge on any atom is 0.242 e. The van der Waals surface area contributed by atoms with Gasteiger partial charge in [-0.1, -0.05) is 30.1 Å². The molecule has 0 bridgehead atoms. The molecule has 0 aromatic heterocycles. The third kappa shape index (κ3) is 3.46. The molecule has 20 heavy (non-hydrogen) atoms. The van der Waals surface area contributed by atoms with Gasteiger partial charge in [0.15, 0.2) is 0 Å². The first kappa shape index (κ1) is 16.0. The van der Waals surface area contributed by atoms with Gasteiger partial charge in [0.25, 0.3) is 0 Å². The minimum Gasteiger partial charge on any atom is -0.316 e. The largest absolute Gasteiger partial charge is 0.316 e. The van der Waals surface area contributed by atoms with Crippen LogP contribution in [-0.2, 0) is 16.6 Å². The number of nitrogens with one attached hydrogen (secondary N) is 2. The first-order valence-electron chi connectivity index (χ1n) is 6.48. The molecule has 0 aliphatic heterocycles. The second-order valence-corrected chi connectivity index (χ2v) is 7.71. The highest BCUT2D eigenvalue weighted by molar-refractivity contribution is 7.89. The van der Waals surface area contributed by atoms with Crippen molar-refractivity contribution in [3.05, 3.63) is 27.7 Å². The molecule has 112 valence electrons. The number of sulfonamides is 1. The lowest BCUT2D eigenvalue weighted by Gasteiger charge is -2.12. The summed E-state index contributed by atoms with van der Waals surface area (Å²) >= 11 is 12.2. The van der Waals surface area contributed by atoms with E-state index in [4.69, 9.17) is 23.2 Å². The number of halogens is 2. The molecule has 2 rings (SSSR count). The SMILES string of the molecule is CNCc1c(Cl)ccc(S(=O)(=O)NCC2CC2C)c1Cl. The second-order valence-electron chi connectivity index (χ2n) is 5.19. The van der Waals surface area contributed by atoms with Crippen LogP contribution in [0.5, 0.6) is 0 Å². The highest BCUT2D eigenvalue weighted by Crippen LogP contribution is 2.37. The van der Waals surface area contributed by atoms with E-state index < -0.39 is 10.0 Å². The Morgan fingerprint density at radius 3 is 2.55 bits per heavy atom. The minimum absolute atomic E-state index is 0.0853. The fourth-order valence-electron chi connectivity index (χ4n) is 2.10. The standard InChI is InChI=1S/C13H18Cl2N2O2S/c1-8-5-9(8)6-17-20(18,19)12-4-3-11(14)10(7-16-2)13(12)15/h3-4,8-9,16-17H,5-7H2,1-2H3. The van der Waals surface area contributed by atoms with Crippen molar-refractivity contribution in [3.8, 4) is 0 Å². The molecule has 1 saturated carbocycles. The molecule has 2 unspecified atom stereocenters. The Morgan fingerprint density at radius 1 is 1.35 bits per heavy atom. The van der Waals surface area contributed by atoms with E-state index in [-0.39, 0.29) is 9.92 Å². The van der Waals surface area contributed by atoms with Gasteiger partial charge in [-0.05, 0) is 37.4 Å². The Morgan fingerprint density at radius 2 is 2.00 bits per heavy atom. The first-order chi connectivity index (χ1) is 9.36. The first-order valence-corrected chi connectivity index (χ1v) is 8.72. The van der Waals surface area contributed by atoms with E-state index in [1.165, 1.54) is 6.07 Å². The fourth-order valence-corrected chi connectivity index (χ4v) is 4.10. The zero-order valence-electron chi connectivity index (χ0n) is 11.4. The van der Waals surface area contributed by atoms with Crippen LogP contribution >= 0.6 is 23.2 Å². The number of rotatable bonds is 6. The van der Waals surface area contributed by atoms with Crippen molar-refractivity contribution in [1.82, 2.24) is 10.0 Å². The lowest BCUT2D eigenvalue weighted by Crippen LogP contribution is -2.26. The van der Waals surface area contributed by atoms with E-state index in [2.05, 4.69) is 17.0 Å². The van der Waals surface area contributed by atoms with E-state index in [1.54, 1.807) is 13.1 Å². The van der Waals surface area contributed by atoms with E-state index in [1.807, 2.05) is 0 Å². The van der Waals surface area contributed by atoms with Crippen molar-refractivity contribution < 1.29 is 8.42 Å². The Kier molecular flexibility index (Phi) is 4.97. The second kappa shape index (κ2) is 6.20. The van der Waals surface area contributed by atoms with E-state index in [0.717, 1.165) is 6.42 Å². The molecule has 2 N–H and O–H groups in total. The zero-order chi connectivity index (χ0) is 14.9. The van der Waals surface area contributed by atoms with Gasteiger partial charge in [-0.25, -0.2) is 13.1 Å². The summed E-state index contributed by atoms with van der Waals surface area (Å²) in [5.74, 6) is 1.03. The normalized spacial score (nSPS) is 22.0. The molecule has 2 atom stereocenters. The van der Waals surface area contributed by atoms with Crippen LogP contribution < -0.4 is 10.0 Å². The fraction of sp³-hybridized carbons (Fsp3) is 0.538. The molecular formula is C13H18Cl2N2O2S. The van der Waals surface area contributed by atoms with Gasteiger partial charge in [0.05, 0.1) is 5.02 Å². The molecule has 1 aliphatic rings. The molecule has 0 heterocycles. The number of benzene rings is 1. The van der Waals surface area contributed by atoms with Crippen molar-refractivity contribution >= 4 is 33.2 Å². The summed E-state index contributed by atoms with van der Waals surface area (Å²) in [7, 11) is -1.84. The van der Waals surface area contributed by atoms with Crippen molar-refractivity contribution in [2.75, 3.05) is 13.6 Å². The molecule has 1 aliphatic carbocycles. The lowest BCUT2D eigenvalue weighted by atomic mass is 10.2. The summed E-state index contributed by atoms with van der Waals surface area (Å²) in [5, 5.41) is 3.57. The summed E-state index contributed by atoms with van der Waals surface area (Å²) in [6.07, 6.45) is 1.07.